The van der Waals surface area contributed by atoms with Gasteiger partial charge in [0.05, 0.1) is 6.04 Å². The standard InChI is InChI=1S/C12H16N2O6/c13-11(8-4-2-1-3-5-8)12(19,20)14(6-9(15)16)7-10(17)18/h1-5,11,19-20H,6-7,13H2,(H,15,16)(H,17,18). The number of nitrogens with two attached hydrogens (primary N) is 1. The zero-order valence-electron chi connectivity index (χ0n) is 10.5. The molecule has 0 saturated heterocycles. The summed E-state index contributed by atoms with van der Waals surface area (Å²) in [5.74, 6) is -5.61. The third-order valence-corrected chi connectivity index (χ3v) is 2.69. The Hall–Kier alpha value is -2.00. The molecule has 6 N–H and O–H groups in total. The zero-order chi connectivity index (χ0) is 15.3. The van der Waals surface area contributed by atoms with Crippen molar-refractivity contribution in [2.24, 2.45) is 5.73 Å². The second kappa shape index (κ2) is 6.44. The van der Waals surface area contributed by atoms with E-state index >= 15 is 0 Å². The topological polar surface area (TPSA) is 144 Å². The van der Waals surface area contributed by atoms with Crippen LogP contribution in [0.1, 0.15) is 11.6 Å². The second-order valence-electron chi connectivity index (χ2n) is 4.22. The zero-order valence-corrected chi connectivity index (χ0v) is 10.5. The van der Waals surface area contributed by atoms with Crippen LogP contribution in [0.15, 0.2) is 30.3 Å². The third-order valence-electron chi connectivity index (χ3n) is 2.69. The molecular formula is C12H16N2O6. The maximum atomic E-state index is 10.7. The summed E-state index contributed by atoms with van der Waals surface area (Å²) in [6, 6.07) is 6.58. The molecule has 0 amide bonds. The number of aliphatic hydroxyl groups is 2. The molecule has 0 fully saturated rings. The number of rotatable bonds is 7. The van der Waals surface area contributed by atoms with Gasteiger partial charge in [-0.15, -0.1) is 0 Å². The van der Waals surface area contributed by atoms with Crippen LogP contribution in [0.3, 0.4) is 0 Å². The molecule has 8 nitrogen and oxygen atoms in total. The highest BCUT2D eigenvalue weighted by molar-refractivity contribution is 5.72. The molecule has 0 spiro atoms. The van der Waals surface area contributed by atoms with Crippen LogP contribution in [0.4, 0.5) is 0 Å². The van der Waals surface area contributed by atoms with Crippen molar-refractivity contribution in [2.75, 3.05) is 13.1 Å². The maximum Gasteiger partial charge on any atom is 0.317 e. The van der Waals surface area contributed by atoms with Crippen LogP contribution >= 0.6 is 0 Å². The van der Waals surface area contributed by atoms with Gasteiger partial charge in [-0.3, -0.25) is 9.59 Å². The van der Waals surface area contributed by atoms with Gasteiger partial charge in [-0.1, -0.05) is 30.3 Å². The molecule has 110 valence electrons. The van der Waals surface area contributed by atoms with Crippen molar-refractivity contribution in [3.8, 4) is 0 Å². The van der Waals surface area contributed by atoms with E-state index in [4.69, 9.17) is 15.9 Å². The molecule has 1 atom stereocenters. The fraction of sp³-hybridized carbons (Fsp3) is 0.333. The highest BCUT2D eigenvalue weighted by atomic mass is 16.5. The van der Waals surface area contributed by atoms with Crippen molar-refractivity contribution in [1.29, 1.82) is 0 Å². The van der Waals surface area contributed by atoms with E-state index in [0.29, 0.717) is 10.5 Å². The number of hydrogen-bond acceptors (Lipinski definition) is 6. The first-order chi connectivity index (χ1) is 9.25. The number of carboxylic acids is 2. The van der Waals surface area contributed by atoms with Crippen LogP contribution in [0.5, 0.6) is 0 Å². The lowest BCUT2D eigenvalue weighted by Gasteiger charge is -2.37. The summed E-state index contributed by atoms with van der Waals surface area (Å²) in [4.78, 5) is 21.9. The molecule has 0 radical (unpaired) electrons. The van der Waals surface area contributed by atoms with Crippen LogP contribution in [0, 0.1) is 0 Å². The van der Waals surface area contributed by atoms with Crippen LogP contribution in [-0.4, -0.2) is 56.3 Å². The molecule has 1 unspecified atom stereocenters. The van der Waals surface area contributed by atoms with Crippen molar-refractivity contribution in [2.45, 2.75) is 12.0 Å². The summed E-state index contributed by atoms with van der Waals surface area (Å²) >= 11 is 0. The van der Waals surface area contributed by atoms with E-state index in [1.54, 1.807) is 18.2 Å². The Bertz CT molecular complexity index is 460. The Morgan fingerprint density at radius 3 is 1.95 bits per heavy atom. The third kappa shape index (κ3) is 4.00. The lowest BCUT2D eigenvalue weighted by atomic mass is 10.0. The molecule has 0 aliphatic rings. The van der Waals surface area contributed by atoms with Gasteiger partial charge in [0.25, 0.3) is 0 Å². The highest BCUT2D eigenvalue weighted by Crippen LogP contribution is 2.24. The molecule has 0 bridgehead atoms. The first kappa shape index (κ1) is 16.1. The van der Waals surface area contributed by atoms with E-state index in [0.717, 1.165) is 0 Å². The van der Waals surface area contributed by atoms with Crippen molar-refractivity contribution in [3.63, 3.8) is 0 Å². The number of benzene rings is 1. The SMILES string of the molecule is NC(c1ccccc1)C(O)(O)N(CC(=O)O)CC(=O)O. The molecule has 1 rings (SSSR count). The molecule has 0 aromatic heterocycles. The largest absolute Gasteiger partial charge is 0.480 e. The maximum absolute atomic E-state index is 10.7. The van der Waals surface area contributed by atoms with Crippen LogP contribution in [0.2, 0.25) is 0 Å². The summed E-state index contributed by atoms with van der Waals surface area (Å²) in [6.45, 7) is -1.75. The van der Waals surface area contributed by atoms with E-state index in [9.17, 15) is 19.8 Å². The smallest absolute Gasteiger partial charge is 0.317 e. The Labute approximate surface area is 114 Å². The Balaban J connectivity index is 3.01. The van der Waals surface area contributed by atoms with Crippen molar-refractivity contribution < 1.29 is 30.0 Å². The van der Waals surface area contributed by atoms with Crippen LogP contribution in [0.25, 0.3) is 0 Å². The molecule has 1 aromatic rings. The van der Waals surface area contributed by atoms with Gasteiger partial charge >= 0.3 is 11.9 Å². The molecule has 1 aromatic carbocycles. The quantitative estimate of drug-likeness (QED) is 0.392. The first-order valence-corrected chi connectivity index (χ1v) is 5.69. The van der Waals surface area contributed by atoms with Gasteiger partial charge < -0.3 is 26.2 Å². The number of carbonyl (C=O) groups is 2. The highest BCUT2D eigenvalue weighted by Gasteiger charge is 2.41. The molecular weight excluding hydrogens is 268 g/mol. The van der Waals surface area contributed by atoms with Crippen molar-refractivity contribution >= 4 is 11.9 Å². The van der Waals surface area contributed by atoms with Gasteiger partial charge in [0.15, 0.2) is 0 Å². The monoisotopic (exact) mass is 284 g/mol. The van der Waals surface area contributed by atoms with E-state index in [1.807, 2.05) is 0 Å². The molecule has 8 heteroatoms. The summed E-state index contributed by atoms with van der Waals surface area (Å²) in [5, 5.41) is 37.5. The van der Waals surface area contributed by atoms with E-state index in [1.165, 1.54) is 12.1 Å². The predicted molar refractivity (Wildman–Crippen MR) is 67.4 cm³/mol. The van der Waals surface area contributed by atoms with Gasteiger partial charge in [-0.25, -0.2) is 4.90 Å². The first-order valence-electron chi connectivity index (χ1n) is 5.69. The second-order valence-corrected chi connectivity index (χ2v) is 4.22. The van der Waals surface area contributed by atoms with Crippen molar-refractivity contribution in [3.05, 3.63) is 35.9 Å². The van der Waals surface area contributed by atoms with Gasteiger partial charge in [0.1, 0.15) is 13.1 Å². The van der Waals surface area contributed by atoms with E-state index < -0.39 is 37.0 Å². The van der Waals surface area contributed by atoms with E-state index in [-0.39, 0.29) is 0 Å². The van der Waals surface area contributed by atoms with Crippen LogP contribution in [-0.2, 0) is 9.59 Å². The summed E-state index contributed by atoms with van der Waals surface area (Å²) in [7, 11) is 0. The molecule has 0 heterocycles. The number of carboxylic acid groups (broad SMARTS) is 2. The van der Waals surface area contributed by atoms with Crippen LogP contribution < -0.4 is 5.73 Å². The Kier molecular flexibility index (Phi) is 5.17. The fourth-order valence-electron chi connectivity index (χ4n) is 1.70. The minimum absolute atomic E-state index is 0.332. The van der Waals surface area contributed by atoms with Gasteiger partial charge in [-0.2, -0.15) is 0 Å². The number of nitrogens with zero attached hydrogens (tertiary/aromatic N) is 1. The molecule has 0 saturated carbocycles. The molecule has 20 heavy (non-hydrogen) atoms. The average molecular weight is 284 g/mol. The van der Waals surface area contributed by atoms with Gasteiger partial charge in [-0.05, 0) is 5.56 Å². The minimum Gasteiger partial charge on any atom is -0.480 e. The molecule has 0 aliphatic carbocycles. The lowest BCUT2D eigenvalue weighted by Crippen LogP contribution is -2.58. The predicted octanol–water partition coefficient (Wildman–Crippen LogP) is -1.20. The van der Waals surface area contributed by atoms with Crippen molar-refractivity contribution in [1.82, 2.24) is 4.90 Å². The minimum atomic E-state index is -2.81. The number of hydrogen-bond donors (Lipinski definition) is 5. The van der Waals surface area contributed by atoms with Gasteiger partial charge in [0.2, 0.25) is 5.91 Å². The fourth-order valence-corrected chi connectivity index (χ4v) is 1.70. The number of aliphatic carboxylic acids is 2. The molecule has 0 aliphatic heterocycles. The average Bonchev–Trinajstić information content (AvgIpc) is 2.37. The Morgan fingerprint density at radius 2 is 1.55 bits per heavy atom. The lowest BCUT2D eigenvalue weighted by molar-refractivity contribution is -0.277. The summed E-state index contributed by atoms with van der Waals surface area (Å²) < 4.78 is 0. The summed E-state index contributed by atoms with van der Waals surface area (Å²) in [5.41, 5.74) is 6.03. The normalized spacial score (nSPS) is 13.2. The van der Waals surface area contributed by atoms with E-state index in [2.05, 4.69) is 0 Å². The Morgan fingerprint density at radius 1 is 1.10 bits per heavy atom. The van der Waals surface area contributed by atoms with Gasteiger partial charge in [0, 0.05) is 0 Å². The summed E-state index contributed by atoms with van der Waals surface area (Å²) in [6.07, 6.45) is 0.